The van der Waals surface area contributed by atoms with Crippen molar-refractivity contribution in [1.29, 1.82) is 0 Å². The molecule has 0 spiro atoms. The Morgan fingerprint density at radius 3 is 1.66 bits per heavy atom. The number of nitrogens with zero attached hydrogens (tertiary/aromatic N) is 4. The van der Waals surface area contributed by atoms with Crippen molar-refractivity contribution in [1.82, 2.24) is 30.2 Å². The molecule has 2 aliphatic carbocycles. The number of aromatic nitrogens is 4. The zero-order valence-corrected chi connectivity index (χ0v) is 47.0. The van der Waals surface area contributed by atoms with Crippen molar-refractivity contribution in [3.63, 3.8) is 0 Å². The first-order valence-electron chi connectivity index (χ1n) is 20.1. The minimum Gasteiger partial charge on any atom is 1.00 e. The maximum absolute atomic E-state index is 13.0. The second-order valence-electron chi connectivity index (χ2n) is 14.7. The van der Waals surface area contributed by atoms with Gasteiger partial charge in [-0.15, -0.1) is 0 Å². The van der Waals surface area contributed by atoms with Gasteiger partial charge in [0, 0.05) is 52.4 Å². The summed E-state index contributed by atoms with van der Waals surface area (Å²) in [5, 5.41) is 40.8. The van der Waals surface area contributed by atoms with Crippen LogP contribution in [0.2, 0.25) is 0 Å². The Labute approximate surface area is 453 Å². The van der Waals surface area contributed by atoms with Gasteiger partial charge in [0.05, 0.1) is 57.8 Å². The molecule has 1 atom stereocenters. The molecule has 364 valence electrons. The molecule has 2 saturated carbocycles. The first kappa shape index (κ1) is 56.0. The number of benzene rings is 2. The molecule has 4 aliphatic rings. The summed E-state index contributed by atoms with van der Waals surface area (Å²) in [5.41, 5.74) is 4.92. The molecular weight excluding hydrogens is 1200 g/mol. The Balaban J connectivity index is 0.000000198. The standard InChI is InChI=1S/C19H16N2O6S2.C16H11BrN2O4S.C4H12N2.C3H6O2S.Cu.HI.Na/c1-26-15-7-14-12(6-16(15)29(24,25)11-2-3-11)18-13(8-27-14)17(19(22)23)20-21(18)10-4-5-28-9-10;1-22-13-5-12-9(4-11(13)17)15-10(6-23-12)14(16(20)21)18-19(15)8-2-3-24-7-8;1-5-3-4-6-2;4-6(5)3-1-2-3;;;/h4-7,9,11H,2-3,8H2,1H3,(H,22,23);2-5,7H,6H2,1H3,(H,20,21);5-6H,3-4H2,1-2H3;3H,1-2H2,(H,4,5);;1H;/q;;;;+1;;+1/p-2. The van der Waals surface area contributed by atoms with E-state index in [9.17, 15) is 37.0 Å². The zero-order valence-electron chi connectivity index (χ0n) is 37.0. The molecule has 68 heavy (non-hydrogen) atoms. The molecular formula is C42H44BrCuIN6NaO12S4. The van der Waals surface area contributed by atoms with Crippen LogP contribution in [0.3, 0.4) is 0 Å². The fraction of sp³-hybridized carbons (Fsp3) is 0.333. The van der Waals surface area contributed by atoms with Gasteiger partial charge in [0.2, 0.25) is 0 Å². The van der Waals surface area contributed by atoms with E-state index < -0.39 is 38.1 Å². The average Bonchev–Trinajstić information content (AvgIpc) is 4.14. The summed E-state index contributed by atoms with van der Waals surface area (Å²) >= 11 is 10.6. The SMILES string of the molecule is CNCCNC.COc1cc2c(cc1Br)-c1c(c(C(=O)O)nn1-c1ccsc1)CO2.COc1cc2c(cc1S(=O)(=O)C1CC1)-c1c(c(C(=O)O)nn1-c1ccsc1)CO2.O=S([O-])C1CC1.[Cu][I].[Na+]. The molecule has 2 aliphatic heterocycles. The third-order valence-corrected chi connectivity index (χ3v) is 15.6. The van der Waals surface area contributed by atoms with E-state index in [0.29, 0.717) is 58.2 Å². The second kappa shape index (κ2) is 25.5. The number of hydrogen-bond acceptors (Lipinski definition) is 16. The van der Waals surface area contributed by atoms with Crippen LogP contribution in [0.5, 0.6) is 23.0 Å². The van der Waals surface area contributed by atoms with Crippen molar-refractivity contribution in [3.8, 4) is 56.9 Å². The van der Waals surface area contributed by atoms with Crippen molar-refractivity contribution in [2.45, 2.75) is 54.3 Å². The van der Waals surface area contributed by atoms with Crippen molar-refractivity contribution >= 4 is 91.8 Å². The molecule has 0 saturated heterocycles. The van der Waals surface area contributed by atoms with Gasteiger partial charge in [-0.3, -0.25) is 4.21 Å². The van der Waals surface area contributed by atoms with Crippen molar-refractivity contribution in [2.75, 3.05) is 41.4 Å². The Hall–Kier alpha value is -2.89. The van der Waals surface area contributed by atoms with Gasteiger partial charge in [0.25, 0.3) is 0 Å². The fourth-order valence-corrected chi connectivity index (χ4v) is 10.9. The van der Waals surface area contributed by atoms with Crippen LogP contribution in [0.4, 0.5) is 0 Å². The zero-order chi connectivity index (χ0) is 48.6. The van der Waals surface area contributed by atoms with E-state index in [1.165, 1.54) is 40.5 Å². The van der Waals surface area contributed by atoms with E-state index in [0.717, 1.165) is 47.3 Å². The normalized spacial score (nSPS) is 14.1. The number of carboxylic acid groups (broad SMARTS) is 2. The number of methoxy groups -OCH3 is 2. The number of ether oxygens (including phenoxy) is 4. The van der Waals surface area contributed by atoms with E-state index in [-0.39, 0.29) is 70.1 Å². The molecule has 0 bridgehead atoms. The smallest absolute Gasteiger partial charge is 1.00 e. The quantitative estimate of drug-likeness (QED) is 0.0573. The summed E-state index contributed by atoms with van der Waals surface area (Å²) in [6.45, 7) is 2.28. The van der Waals surface area contributed by atoms with Gasteiger partial charge in [-0.1, -0.05) is 11.1 Å². The predicted molar refractivity (Wildman–Crippen MR) is 261 cm³/mol. The van der Waals surface area contributed by atoms with E-state index in [4.69, 9.17) is 18.9 Å². The third kappa shape index (κ3) is 12.8. The summed E-state index contributed by atoms with van der Waals surface area (Å²) in [4.78, 5) is 23.4. The summed E-state index contributed by atoms with van der Waals surface area (Å²) in [7, 11) is 3.34. The van der Waals surface area contributed by atoms with Gasteiger partial charge in [0.15, 0.2) is 21.2 Å². The number of carboxylic acids is 2. The van der Waals surface area contributed by atoms with Crippen LogP contribution in [-0.4, -0.2) is 111 Å². The number of rotatable bonds is 12. The van der Waals surface area contributed by atoms with Crippen LogP contribution in [0.1, 0.15) is 57.8 Å². The van der Waals surface area contributed by atoms with Gasteiger partial charge in [-0.05, 0) is 90.7 Å². The van der Waals surface area contributed by atoms with Crippen LogP contribution in [0, 0.1) is 0 Å². The number of likely N-dealkylation sites (N-methyl/N-ethyl adjacent to an activating group) is 2. The van der Waals surface area contributed by atoms with Crippen LogP contribution >= 0.6 is 58.9 Å². The van der Waals surface area contributed by atoms with E-state index in [2.05, 4.69) is 49.5 Å². The van der Waals surface area contributed by atoms with Crippen LogP contribution < -0.4 is 59.1 Å². The maximum atomic E-state index is 13.0. The van der Waals surface area contributed by atoms with Crippen LogP contribution in [-0.2, 0) is 46.9 Å². The van der Waals surface area contributed by atoms with Gasteiger partial charge in [0.1, 0.15) is 41.1 Å². The molecule has 1 unspecified atom stereocenters. The second-order valence-corrected chi connectivity index (χ2v) is 20.5. The number of sulfone groups is 1. The first-order valence-corrected chi connectivity index (χ1v) is 28.5. The maximum Gasteiger partial charge on any atom is 1.00 e. The Kier molecular flexibility index (Phi) is 21.0. The van der Waals surface area contributed by atoms with E-state index >= 15 is 0 Å². The Morgan fingerprint density at radius 2 is 1.31 bits per heavy atom. The van der Waals surface area contributed by atoms with Gasteiger partial charge < -0.3 is 44.3 Å². The van der Waals surface area contributed by atoms with E-state index in [1.54, 1.807) is 44.3 Å². The molecule has 2 aromatic carbocycles. The molecule has 6 aromatic rings. The Morgan fingerprint density at radius 1 is 0.853 bits per heavy atom. The molecule has 6 heterocycles. The number of hydrogen-bond donors (Lipinski definition) is 4. The number of fused-ring (bicyclic) bond motifs is 6. The molecule has 18 nitrogen and oxygen atoms in total. The molecule has 2 fully saturated rings. The Bertz CT molecular complexity index is 2840. The summed E-state index contributed by atoms with van der Waals surface area (Å²) in [5.74, 6) is -0.300. The van der Waals surface area contributed by atoms with Crippen molar-refractivity contribution in [2.24, 2.45) is 0 Å². The molecule has 4 aromatic heterocycles. The minimum absolute atomic E-state index is 0. The molecule has 0 radical (unpaired) electrons. The van der Waals surface area contributed by atoms with Gasteiger partial charge in [-0.2, -0.15) is 32.9 Å². The topological polar surface area (TPSA) is 245 Å². The number of nitrogens with one attached hydrogen (secondary N) is 2. The number of thiophene rings is 2. The summed E-state index contributed by atoms with van der Waals surface area (Å²) < 4.78 is 71.6. The number of aromatic carboxylic acids is 2. The number of carbonyl (C=O) groups is 2. The monoisotopic (exact) mass is 1240 g/mol. The van der Waals surface area contributed by atoms with Crippen molar-refractivity contribution < 1.29 is 98.2 Å². The minimum atomic E-state index is -3.55. The molecule has 0 amide bonds. The predicted octanol–water partition coefficient (Wildman–Crippen LogP) is 4.44. The largest absolute Gasteiger partial charge is 1.00 e. The fourth-order valence-electron chi connectivity index (χ4n) is 6.79. The summed E-state index contributed by atoms with van der Waals surface area (Å²) in [6.07, 6.45) is 3.02. The first-order chi connectivity index (χ1) is 32.2. The summed E-state index contributed by atoms with van der Waals surface area (Å²) in [6, 6.07) is 10.5. The third-order valence-electron chi connectivity index (χ3n) is 10.3. The van der Waals surface area contributed by atoms with Crippen LogP contribution in [0.25, 0.3) is 33.9 Å². The number of halogens is 2. The molecule has 10 rings (SSSR count). The van der Waals surface area contributed by atoms with Crippen LogP contribution in [0.15, 0.2) is 67.3 Å². The average molecular weight is 1250 g/mol. The van der Waals surface area contributed by atoms with Gasteiger partial charge in [-0.25, -0.2) is 27.4 Å². The van der Waals surface area contributed by atoms with Gasteiger partial charge >= 0.3 is 74.6 Å². The van der Waals surface area contributed by atoms with E-state index in [1.807, 2.05) is 53.8 Å². The molecule has 4 N–H and O–H groups in total. The van der Waals surface area contributed by atoms with Crippen molar-refractivity contribution in [3.05, 3.63) is 84.9 Å². The molecule has 26 heteroatoms.